The van der Waals surface area contributed by atoms with Gasteiger partial charge in [0.15, 0.2) is 0 Å². The minimum atomic E-state index is -4.73. The number of halogens is 4. The van der Waals surface area contributed by atoms with E-state index in [4.69, 9.17) is 0 Å². The molecule has 0 spiro atoms. The highest BCUT2D eigenvalue weighted by molar-refractivity contribution is 7.91. The Labute approximate surface area is 168 Å². The van der Waals surface area contributed by atoms with Gasteiger partial charge in [-0.25, -0.2) is 17.2 Å². The van der Waals surface area contributed by atoms with E-state index in [-0.39, 0.29) is 22.5 Å². The monoisotopic (exact) mass is 442 g/mol. The summed E-state index contributed by atoms with van der Waals surface area (Å²) in [6.45, 7) is 0. The number of hydrogen-bond acceptors (Lipinski definition) is 5. The molecule has 158 valence electrons. The first kappa shape index (κ1) is 21.3. The second-order valence-electron chi connectivity index (χ2n) is 6.10. The summed E-state index contributed by atoms with van der Waals surface area (Å²) >= 11 is 0. The minimum Gasteiger partial charge on any atom is -0.298 e. The van der Waals surface area contributed by atoms with Crippen LogP contribution in [0.3, 0.4) is 0 Å². The molecule has 30 heavy (non-hydrogen) atoms. The Kier molecular flexibility index (Phi) is 5.78. The van der Waals surface area contributed by atoms with Crippen LogP contribution in [0.1, 0.15) is 10.4 Å². The van der Waals surface area contributed by atoms with E-state index in [0.29, 0.717) is 6.07 Å². The lowest BCUT2D eigenvalue weighted by Gasteiger charge is -2.10. The van der Waals surface area contributed by atoms with Gasteiger partial charge in [0.1, 0.15) is 17.3 Å². The van der Waals surface area contributed by atoms with Gasteiger partial charge in [-0.2, -0.15) is 13.9 Å². The Hall–Kier alpha value is -3.41. The standard InChI is InChI=1S/C18H14F4N4O3S/c1-26-9-14(16(25-26)13-7-2-10(19)8-15(13)20)17(27)24-23-11-3-5-12(6-4-11)30(28,29)18(21)22/h2-9,18,23H,1H3,(H,24,27). The molecule has 1 heterocycles. The predicted octanol–water partition coefficient (Wildman–Crippen LogP) is 3.12. The van der Waals surface area contributed by atoms with Gasteiger partial charge in [0.2, 0.25) is 9.84 Å². The number of carbonyl (C=O) groups excluding carboxylic acids is 1. The third-order valence-corrected chi connectivity index (χ3v) is 5.40. The molecular formula is C18H14F4N4O3S. The van der Waals surface area contributed by atoms with Crippen LogP contribution >= 0.6 is 0 Å². The lowest BCUT2D eigenvalue weighted by molar-refractivity contribution is 0.0963. The van der Waals surface area contributed by atoms with Crippen molar-refractivity contribution in [1.29, 1.82) is 0 Å². The first-order chi connectivity index (χ1) is 14.1. The van der Waals surface area contributed by atoms with Crippen molar-refractivity contribution in [3.63, 3.8) is 0 Å². The number of alkyl halides is 2. The van der Waals surface area contributed by atoms with Crippen molar-refractivity contribution >= 4 is 21.4 Å². The van der Waals surface area contributed by atoms with Crippen molar-refractivity contribution < 1.29 is 30.8 Å². The van der Waals surface area contributed by atoms with E-state index in [1.807, 2.05) is 0 Å². The average Bonchev–Trinajstić information content (AvgIpc) is 3.07. The van der Waals surface area contributed by atoms with Gasteiger partial charge in [-0.1, -0.05) is 0 Å². The van der Waals surface area contributed by atoms with Crippen LogP contribution in [0.2, 0.25) is 0 Å². The van der Waals surface area contributed by atoms with Crippen LogP contribution in [0.15, 0.2) is 53.6 Å². The number of aryl methyl sites for hydroxylation is 1. The van der Waals surface area contributed by atoms with Gasteiger partial charge in [0, 0.05) is 24.9 Å². The maximum Gasteiger partial charge on any atom is 0.341 e. The van der Waals surface area contributed by atoms with Crippen LogP contribution in [0.4, 0.5) is 23.2 Å². The van der Waals surface area contributed by atoms with Gasteiger partial charge in [0.05, 0.1) is 16.1 Å². The summed E-state index contributed by atoms with van der Waals surface area (Å²) in [7, 11) is -3.22. The SMILES string of the molecule is Cn1cc(C(=O)NNc2ccc(S(=O)(=O)C(F)F)cc2)c(-c2ccc(F)cc2F)n1. The molecule has 12 heteroatoms. The van der Waals surface area contributed by atoms with Gasteiger partial charge in [-0.05, 0) is 36.4 Å². The zero-order chi connectivity index (χ0) is 22.1. The molecule has 0 aliphatic heterocycles. The van der Waals surface area contributed by atoms with Gasteiger partial charge in [-0.15, -0.1) is 0 Å². The van der Waals surface area contributed by atoms with E-state index in [1.165, 1.54) is 30.1 Å². The molecule has 0 aliphatic rings. The molecule has 0 aliphatic carbocycles. The van der Waals surface area contributed by atoms with E-state index in [0.717, 1.165) is 24.3 Å². The fourth-order valence-corrected chi connectivity index (χ4v) is 3.28. The van der Waals surface area contributed by atoms with Crippen molar-refractivity contribution in [3.8, 4) is 11.3 Å². The number of sulfone groups is 1. The van der Waals surface area contributed by atoms with E-state index in [1.54, 1.807) is 0 Å². The van der Waals surface area contributed by atoms with Crippen LogP contribution < -0.4 is 10.9 Å². The second-order valence-corrected chi connectivity index (χ2v) is 8.02. The number of hydrazine groups is 1. The van der Waals surface area contributed by atoms with Crippen LogP contribution in [-0.2, 0) is 16.9 Å². The van der Waals surface area contributed by atoms with Crippen LogP contribution in [0.5, 0.6) is 0 Å². The molecule has 1 amide bonds. The maximum absolute atomic E-state index is 14.1. The number of nitrogens with zero attached hydrogens (tertiary/aromatic N) is 2. The number of rotatable bonds is 6. The molecule has 0 bridgehead atoms. The summed E-state index contributed by atoms with van der Waals surface area (Å²) in [6.07, 6.45) is 1.33. The minimum absolute atomic E-state index is 0.0207. The smallest absolute Gasteiger partial charge is 0.298 e. The van der Waals surface area contributed by atoms with Crippen molar-refractivity contribution in [3.05, 3.63) is 65.9 Å². The summed E-state index contributed by atoms with van der Waals surface area (Å²) in [5.41, 5.74) is 4.89. The van der Waals surface area contributed by atoms with Crippen molar-refractivity contribution in [2.24, 2.45) is 7.05 Å². The maximum atomic E-state index is 14.1. The van der Waals surface area contributed by atoms with E-state index < -0.39 is 38.0 Å². The quantitative estimate of drug-likeness (QED) is 0.452. The highest BCUT2D eigenvalue weighted by Gasteiger charge is 2.26. The number of hydrogen-bond donors (Lipinski definition) is 2. The molecule has 1 aromatic heterocycles. The Morgan fingerprint density at radius 2 is 1.77 bits per heavy atom. The fraction of sp³-hybridized carbons (Fsp3) is 0.111. The van der Waals surface area contributed by atoms with Gasteiger partial charge < -0.3 is 0 Å². The van der Waals surface area contributed by atoms with Crippen LogP contribution in [0, 0.1) is 11.6 Å². The topological polar surface area (TPSA) is 93.1 Å². The summed E-state index contributed by atoms with van der Waals surface area (Å²) in [5, 5.41) is 4.03. The number of nitrogens with one attached hydrogen (secondary N) is 2. The first-order valence-electron chi connectivity index (χ1n) is 8.27. The van der Waals surface area contributed by atoms with Gasteiger partial charge in [0.25, 0.3) is 5.91 Å². The number of anilines is 1. The largest absolute Gasteiger partial charge is 0.341 e. The summed E-state index contributed by atoms with van der Waals surface area (Å²) in [6, 6.07) is 7.12. The lowest BCUT2D eigenvalue weighted by Crippen LogP contribution is -2.29. The number of amides is 1. The van der Waals surface area contributed by atoms with Crippen molar-refractivity contribution in [2.75, 3.05) is 5.43 Å². The molecule has 0 atom stereocenters. The zero-order valence-corrected chi connectivity index (χ0v) is 16.1. The molecule has 7 nitrogen and oxygen atoms in total. The molecular weight excluding hydrogens is 428 g/mol. The Morgan fingerprint density at radius 1 is 1.10 bits per heavy atom. The molecule has 3 aromatic rings. The summed E-state index contributed by atoms with van der Waals surface area (Å²) < 4.78 is 76.5. The highest BCUT2D eigenvalue weighted by atomic mass is 32.2. The summed E-state index contributed by atoms with van der Waals surface area (Å²) in [5.74, 6) is -5.94. The third-order valence-electron chi connectivity index (χ3n) is 4.00. The highest BCUT2D eigenvalue weighted by Crippen LogP contribution is 2.25. The summed E-state index contributed by atoms with van der Waals surface area (Å²) in [4.78, 5) is 11.9. The lowest BCUT2D eigenvalue weighted by atomic mass is 10.1. The van der Waals surface area contributed by atoms with Gasteiger partial charge in [-0.3, -0.25) is 20.3 Å². The normalized spacial score (nSPS) is 11.5. The van der Waals surface area contributed by atoms with Crippen LogP contribution in [-0.4, -0.2) is 29.9 Å². The Balaban J connectivity index is 1.78. The molecule has 0 unspecified atom stereocenters. The first-order valence-corrected chi connectivity index (χ1v) is 9.82. The van der Waals surface area contributed by atoms with E-state index in [9.17, 15) is 30.8 Å². The third kappa shape index (κ3) is 4.27. The molecule has 0 radical (unpaired) electrons. The molecule has 3 rings (SSSR count). The number of benzene rings is 2. The molecule has 0 saturated heterocycles. The van der Waals surface area contributed by atoms with Crippen molar-refractivity contribution in [1.82, 2.24) is 15.2 Å². The molecule has 2 aromatic carbocycles. The van der Waals surface area contributed by atoms with E-state index >= 15 is 0 Å². The van der Waals surface area contributed by atoms with Crippen molar-refractivity contribution in [2.45, 2.75) is 10.7 Å². The second kappa shape index (κ2) is 8.14. The molecule has 0 saturated carbocycles. The Bertz CT molecular complexity index is 1190. The molecule has 0 fully saturated rings. The molecule has 2 N–H and O–H groups in total. The Morgan fingerprint density at radius 3 is 2.37 bits per heavy atom. The predicted molar refractivity (Wildman–Crippen MR) is 99.3 cm³/mol. The number of aromatic nitrogens is 2. The van der Waals surface area contributed by atoms with E-state index in [2.05, 4.69) is 16.0 Å². The van der Waals surface area contributed by atoms with Gasteiger partial charge >= 0.3 is 5.76 Å². The fourth-order valence-electron chi connectivity index (χ4n) is 2.56. The zero-order valence-electron chi connectivity index (χ0n) is 15.2. The number of carbonyl (C=O) groups is 1. The average molecular weight is 442 g/mol. The van der Waals surface area contributed by atoms with Crippen LogP contribution in [0.25, 0.3) is 11.3 Å².